The van der Waals surface area contributed by atoms with Crippen LogP contribution in [-0.4, -0.2) is 38.2 Å². The Morgan fingerprint density at radius 3 is 2.39 bits per heavy atom. The molecule has 0 radical (unpaired) electrons. The van der Waals surface area contributed by atoms with Gasteiger partial charge in [0.1, 0.15) is 5.75 Å². The van der Waals surface area contributed by atoms with Crippen molar-refractivity contribution in [2.24, 2.45) is 5.16 Å². The molecule has 0 aliphatic carbocycles. The minimum absolute atomic E-state index is 0.0760. The normalized spacial score (nSPS) is 18.5. The fourth-order valence-corrected chi connectivity index (χ4v) is 4.73. The topological polar surface area (TPSA) is 84.8 Å². The van der Waals surface area contributed by atoms with Crippen molar-refractivity contribution in [1.82, 2.24) is 5.32 Å². The van der Waals surface area contributed by atoms with Gasteiger partial charge in [0, 0.05) is 39.8 Å². The highest BCUT2D eigenvalue weighted by atomic mass is 79.9. The van der Waals surface area contributed by atoms with Gasteiger partial charge in [0.05, 0.1) is 11.3 Å². The molecule has 1 N–H and O–H groups in total. The first-order valence-corrected chi connectivity index (χ1v) is 13.1. The van der Waals surface area contributed by atoms with Crippen molar-refractivity contribution >= 4 is 49.0 Å². The number of sulfone groups is 1. The van der Waals surface area contributed by atoms with Crippen molar-refractivity contribution in [1.29, 1.82) is 0 Å². The summed E-state index contributed by atoms with van der Waals surface area (Å²) in [6.07, 6.45) is -10.1. The Balaban J connectivity index is 1.87. The lowest BCUT2D eigenvalue weighted by atomic mass is 9.85. The summed E-state index contributed by atoms with van der Waals surface area (Å²) in [5.74, 6) is -1.45. The van der Waals surface area contributed by atoms with E-state index in [1.165, 1.54) is 18.2 Å². The van der Waals surface area contributed by atoms with Gasteiger partial charge in [-0.1, -0.05) is 44.8 Å². The van der Waals surface area contributed by atoms with Gasteiger partial charge in [0.25, 0.3) is 5.60 Å². The number of carbonyl (C=O) groups is 1. The molecule has 3 rings (SSSR count). The molecule has 0 saturated heterocycles. The van der Waals surface area contributed by atoms with Crippen molar-refractivity contribution in [3.8, 4) is 0 Å². The van der Waals surface area contributed by atoms with E-state index >= 15 is 0 Å². The zero-order valence-electron chi connectivity index (χ0n) is 18.1. The van der Waals surface area contributed by atoms with Gasteiger partial charge >= 0.3 is 12.4 Å². The molecule has 1 heterocycles. The minimum Gasteiger partial charge on any atom is -0.374 e. The SMILES string of the molecule is CS(=O)(=O)CC(=O)NCc1ccc(C2=NOC(c3cc(Cl)cc(C(F)(F)F)c3)(C(F)(F)F)C2)cc1Br. The smallest absolute Gasteiger partial charge is 0.374 e. The van der Waals surface area contributed by atoms with Gasteiger partial charge in [0.15, 0.2) is 9.84 Å². The average Bonchev–Trinajstić information content (AvgIpc) is 3.17. The third-order valence-electron chi connectivity index (χ3n) is 5.13. The number of alkyl halides is 6. The highest BCUT2D eigenvalue weighted by Crippen LogP contribution is 2.50. The maximum absolute atomic E-state index is 14.2. The lowest BCUT2D eigenvalue weighted by Crippen LogP contribution is -2.42. The molecular weight excluding hydrogens is 606 g/mol. The molecule has 36 heavy (non-hydrogen) atoms. The summed E-state index contributed by atoms with van der Waals surface area (Å²) in [7, 11) is -3.53. The molecule has 0 saturated carbocycles. The van der Waals surface area contributed by atoms with Gasteiger partial charge < -0.3 is 10.2 Å². The Bertz CT molecular complexity index is 1330. The molecule has 2 aromatic rings. The Labute approximate surface area is 214 Å². The van der Waals surface area contributed by atoms with Crippen molar-refractivity contribution in [2.75, 3.05) is 12.0 Å². The largest absolute Gasteiger partial charge is 0.435 e. The second kappa shape index (κ2) is 9.86. The number of hydrogen-bond donors (Lipinski definition) is 1. The summed E-state index contributed by atoms with van der Waals surface area (Å²) in [5, 5.41) is 5.38. The maximum atomic E-state index is 14.2. The summed E-state index contributed by atoms with van der Waals surface area (Å²) >= 11 is 8.93. The summed E-state index contributed by atoms with van der Waals surface area (Å²) in [4.78, 5) is 16.5. The zero-order chi connectivity index (χ0) is 27.1. The maximum Gasteiger partial charge on any atom is 0.435 e. The van der Waals surface area contributed by atoms with E-state index < -0.39 is 62.0 Å². The molecule has 0 fully saturated rings. The summed E-state index contributed by atoms with van der Waals surface area (Å²) in [6.45, 7) is -0.0760. The van der Waals surface area contributed by atoms with Crippen LogP contribution in [0.15, 0.2) is 46.0 Å². The first-order chi connectivity index (χ1) is 16.4. The fourth-order valence-electron chi connectivity index (χ4n) is 3.40. The molecule has 1 amide bonds. The predicted molar refractivity (Wildman–Crippen MR) is 122 cm³/mol. The lowest BCUT2D eigenvalue weighted by molar-refractivity contribution is -0.276. The minimum atomic E-state index is -5.15. The number of oxime groups is 1. The van der Waals surface area contributed by atoms with Crippen LogP contribution in [0.2, 0.25) is 5.02 Å². The monoisotopic (exact) mass is 620 g/mol. The average molecular weight is 622 g/mol. The number of amides is 1. The van der Waals surface area contributed by atoms with Gasteiger partial charge in [-0.3, -0.25) is 4.79 Å². The third-order valence-corrected chi connectivity index (χ3v) is 6.88. The van der Waals surface area contributed by atoms with Crippen LogP contribution in [0.4, 0.5) is 26.3 Å². The number of rotatable bonds is 6. The molecule has 15 heteroatoms. The summed E-state index contributed by atoms with van der Waals surface area (Å²) in [5.41, 5.74) is -4.94. The standard InChI is InChI=1S/C21H16BrClF6N2O4S/c1-36(33,34)10-18(32)30-9-12-3-2-11(4-16(12)22)17-8-19(35-31-17,21(27,28)29)13-5-14(20(24,25)26)7-15(23)6-13/h2-7H,8-10H2,1H3,(H,30,32). The van der Waals surface area contributed by atoms with Crippen LogP contribution >= 0.6 is 27.5 Å². The predicted octanol–water partition coefficient (Wildman–Crippen LogP) is 5.36. The molecule has 196 valence electrons. The van der Waals surface area contributed by atoms with Crippen LogP contribution in [0.1, 0.15) is 28.7 Å². The highest BCUT2D eigenvalue weighted by Gasteiger charge is 2.62. The molecule has 6 nitrogen and oxygen atoms in total. The van der Waals surface area contributed by atoms with E-state index in [4.69, 9.17) is 16.4 Å². The number of nitrogens with one attached hydrogen (secondary N) is 1. The van der Waals surface area contributed by atoms with Gasteiger partial charge in [-0.15, -0.1) is 0 Å². The van der Waals surface area contributed by atoms with Crippen molar-refractivity contribution in [2.45, 2.75) is 30.9 Å². The van der Waals surface area contributed by atoms with Crippen LogP contribution in [0.25, 0.3) is 0 Å². The number of carbonyl (C=O) groups excluding carboxylic acids is 1. The van der Waals surface area contributed by atoms with E-state index in [0.29, 0.717) is 22.2 Å². The number of benzene rings is 2. The van der Waals surface area contributed by atoms with E-state index in [-0.39, 0.29) is 17.8 Å². The van der Waals surface area contributed by atoms with Gasteiger partial charge in [-0.25, -0.2) is 8.42 Å². The van der Waals surface area contributed by atoms with Gasteiger partial charge in [0.2, 0.25) is 5.91 Å². The quantitative estimate of drug-likeness (QED) is 0.440. The second-order valence-electron chi connectivity index (χ2n) is 8.01. The Hall–Kier alpha value is -2.32. The van der Waals surface area contributed by atoms with E-state index in [1.54, 1.807) is 0 Å². The first-order valence-electron chi connectivity index (χ1n) is 9.84. The molecule has 1 aliphatic rings. The number of hydrogen-bond acceptors (Lipinski definition) is 5. The van der Waals surface area contributed by atoms with Crippen molar-refractivity contribution < 1.29 is 44.4 Å². The van der Waals surface area contributed by atoms with Gasteiger partial charge in [-0.05, 0) is 29.8 Å². The van der Waals surface area contributed by atoms with Crippen molar-refractivity contribution in [3.05, 3.63) is 68.1 Å². The van der Waals surface area contributed by atoms with E-state index in [0.717, 1.165) is 12.3 Å². The summed E-state index contributed by atoms with van der Waals surface area (Å²) in [6, 6.07) is 5.83. The Morgan fingerprint density at radius 2 is 1.83 bits per heavy atom. The molecule has 0 spiro atoms. The van der Waals surface area contributed by atoms with Crippen molar-refractivity contribution in [3.63, 3.8) is 0 Å². The molecule has 0 aromatic heterocycles. The summed E-state index contributed by atoms with van der Waals surface area (Å²) < 4.78 is 105. The van der Waals surface area contributed by atoms with E-state index in [1.807, 2.05) is 0 Å². The molecule has 2 aromatic carbocycles. The molecule has 1 unspecified atom stereocenters. The van der Waals surface area contributed by atoms with Crippen LogP contribution in [-0.2, 0) is 37.8 Å². The number of nitrogens with zero attached hydrogens (tertiary/aromatic N) is 1. The highest BCUT2D eigenvalue weighted by molar-refractivity contribution is 9.10. The van der Waals surface area contributed by atoms with Crippen LogP contribution in [0.3, 0.4) is 0 Å². The Morgan fingerprint density at radius 1 is 1.17 bits per heavy atom. The molecule has 1 atom stereocenters. The zero-order valence-corrected chi connectivity index (χ0v) is 21.3. The molecule has 1 aliphatic heterocycles. The molecule has 0 bridgehead atoms. The van der Waals surface area contributed by atoms with E-state index in [2.05, 4.69) is 26.4 Å². The van der Waals surface area contributed by atoms with Crippen LogP contribution in [0, 0.1) is 0 Å². The number of halogens is 8. The van der Waals surface area contributed by atoms with Crippen LogP contribution < -0.4 is 5.32 Å². The first kappa shape index (κ1) is 28.3. The van der Waals surface area contributed by atoms with Gasteiger partial charge in [-0.2, -0.15) is 26.3 Å². The fraction of sp³-hybridized carbons (Fsp3) is 0.333. The Kier molecular flexibility index (Phi) is 7.74. The molecular formula is C21H16BrClF6N2O4S. The lowest BCUT2D eigenvalue weighted by Gasteiger charge is -2.30. The van der Waals surface area contributed by atoms with E-state index in [9.17, 15) is 39.6 Å². The second-order valence-corrected chi connectivity index (χ2v) is 11.4. The van der Waals surface area contributed by atoms with Crippen LogP contribution in [0.5, 0.6) is 0 Å². The third kappa shape index (κ3) is 6.32.